The molecule has 1 rings (SSSR count). The molecule has 0 bridgehead atoms. The van der Waals surface area contributed by atoms with Gasteiger partial charge in [0.25, 0.3) is 0 Å². The van der Waals surface area contributed by atoms with E-state index < -0.39 is 17.6 Å². The quantitative estimate of drug-likeness (QED) is 0.702. The maximum absolute atomic E-state index is 10.4. The van der Waals surface area contributed by atoms with E-state index in [1.807, 2.05) is 44.2 Å². The Kier molecular flexibility index (Phi) is 4.66. The molecule has 1 aromatic rings. The zero-order chi connectivity index (χ0) is 12.9. The van der Waals surface area contributed by atoms with E-state index in [-0.39, 0.29) is 6.42 Å². The summed E-state index contributed by atoms with van der Waals surface area (Å²) in [7, 11) is 0. The number of aliphatic carboxylic acids is 1. The van der Waals surface area contributed by atoms with Crippen LogP contribution in [0.1, 0.15) is 31.9 Å². The van der Waals surface area contributed by atoms with Crippen molar-refractivity contribution in [2.45, 2.75) is 31.9 Å². The summed E-state index contributed by atoms with van der Waals surface area (Å²) in [6.45, 7) is 4.05. The average molecular weight is 237 g/mol. The van der Waals surface area contributed by atoms with Crippen LogP contribution >= 0.6 is 0 Å². The lowest BCUT2D eigenvalue weighted by atomic mass is 9.91. The maximum atomic E-state index is 10.4. The molecule has 0 spiro atoms. The monoisotopic (exact) mass is 237 g/mol. The van der Waals surface area contributed by atoms with Crippen LogP contribution in [0.3, 0.4) is 0 Å². The van der Waals surface area contributed by atoms with Gasteiger partial charge in [0, 0.05) is 12.1 Å². The van der Waals surface area contributed by atoms with Gasteiger partial charge < -0.3 is 15.5 Å². The Morgan fingerprint density at radius 1 is 1.35 bits per heavy atom. The third-order valence-corrected chi connectivity index (χ3v) is 2.72. The fourth-order valence-electron chi connectivity index (χ4n) is 1.64. The van der Waals surface area contributed by atoms with Crippen molar-refractivity contribution >= 4 is 5.97 Å². The molecule has 0 heterocycles. The Labute approximate surface area is 101 Å². The van der Waals surface area contributed by atoms with Crippen molar-refractivity contribution in [3.63, 3.8) is 0 Å². The lowest BCUT2D eigenvalue weighted by Gasteiger charge is -2.32. The van der Waals surface area contributed by atoms with Crippen LogP contribution in [0, 0.1) is 0 Å². The van der Waals surface area contributed by atoms with Gasteiger partial charge >= 0.3 is 5.97 Å². The summed E-state index contributed by atoms with van der Waals surface area (Å²) in [5.41, 5.74) is 0.261. The average Bonchev–Trinajstić information content (AvgIpc) is 2.28. The van der Waals surface area contributed by atoms with E-state index in [2.05, 4.69) is 5.32 Å². The van der Waals surface area contributed by atoms with Gasteiger partial charge in [-0.2, -0.15) is 0 Å². The van der Waals surface area contributed by atoms with E-state index in [0.717, 1.165) is 5.56 Å². The molecule has 3 N–H and O–H groups in total. The number of aliphatic hydroxyl groups is 1. The van der Waals surface area contributed by atoms with Crippen LogP contribution < -0.4 is 5.32 Å². The number of carboxylic acids is 1. The molecule has 0 aliphatic carbocycles. The van der Waals surface area contributed by atoms with Crippen molar-refractivity contribution in [2.24, 2.45) is 0 Å². The third kappa shape index (κ3) is 4.17. The first-order valence-corrected chi connectivity index (χ1v) is 5.63. The minimum atomic E-state index is -0.845. The minimum Gasteiger partial charge on any atom is -0.481 e. The molecular formula is C13H19NO3. The zero-order valence-electron chi connectivity index (χ0n) is 10.2. The highest BCUT2D eigenvalue weighted by Gasteiger charge is 2.28. The Balaban J connectivity index is 2.60. The van der Waals surface area contributed by atoms with Gasteiger partial charge in [-0.05, 0) is 19.4 Å². The van der Waals surface area contributed by atoms with E-state index in [9.17, 15) is 9.90 Å². The predicted molar refractivity (Wildman–Crippen MR) is 65.7 cm³/mol. The topological polar surface area (TPSA) is 69.6 Å². The Hall–Kier alpha value is -1.39. The van der Waals surface area contributed by atoms with Crippen molar-refractivity contribution in [1.29, 1.82) is 0 Å². The Bertz CT molecular complexity index is 362. The minimum absolute atomic E-state index is 0.0466. The van der Waals surface area contributed by atoms with Gasteiger partial charge in [0.2, 0.25) is 0 Å². The van der Waals surface area contributed by atoms with Gasteiger partial charge in [-0.15, -0.1) is 0 Å². The number of hydrogen-bond donors (Lipinski definition) is 3. The smallest absolute Gasteiger partial charge is 0.304 e. The first-order chi connectivity index (χ1) is 7.93. The second-order valence-electron chi connectivity index (χ2n) is 4.61. The van der Waals surface area contributed by atoms with Crippen molar-refractivity contribution in [3.8, 4) is 0 Å². The van der Waals surface area contributed by atoms with Crippen molar-refractivity contribution < 1.29 is 15.0 Å². The first kappa shape index (κ1) is 13.7. The molecule has 0 saturated carbocycles. The van der Waals surface area contributed by atoms with E-state index in [0.29, 0.717) is 6.54 Å². The standard InChI is InChI=1S/C13H19NO3/c1-13(2,14-9-8-11(15)16)12(17)10-6-4-3-5-7-10/h3-7,12,14,17H,8-9H2,1-2H3,(H,15,16)/t12-/m0/s1. The fraction of sp³-hybridized carbons (Fsp3) is 0.462. The molecule has 94 valence electrons. The van der Waals surface area contributed by atoms with Gasteiger partial charge in [0.1, 0.15) is 0 Å². The lowest BCUT2D eigenvalue weighted by Crippen LogP contribution is -2.45. The second-order valence-corrected chi connectivity index (χ2v) is 4.61. The number of benzene rings is 1. The summed E-state index contributed by atoms with van der Waals surface area (Å²) in [4.78, 5) is 10.4. The summed E-state index contributed by atoms with van der Waals surface area (Å²) >= 11 is 0. The highest BCUT2D eigenvalue weighted by atomic mass is 16.4. The second kappa shape index (κ2) is 5.80. The lowest BCUT2D eigenvalue weighted by molar-refractivity contribution is -0.137. The number of carbonyl (C=O) groups is 1. The highest BCUT2D eigenvalue weighted by molar-refractivity contribution is 5.66. The van der Waals surface area contributed by atoms with E-state index in [1.54, 1.807) is 0 Å². The SMILES string of the molecule is CC(C)(NCCC(=O)O)[C@@H](O)c1ccccc1. The summed E-state index contributed by atoms with van der Waals surface area (Å²) in [5, 5.41) is 21.8. The van der Waals surface area contributed by atoms with Gasteiger partial charge in [-0.25, -0.2) is 0 Å². The number of aliphatic hydroxyl groups excluding tert-OH is 1. The summed E-state index contributed by atoms with van der Waals surface area (Å²) in [5.74, 6) is -0.845. The number of hydrogen-bond acceptors (Lipinski definition) is 3. The molecule has 1 atom stereocenters. The molecule has 4 nitrogen and oxygen atoms in total. The summed E-state index contributed by atoms with van der Waals surface area (Å²) < 4.78 is 0. The normalized spacial score (nSPS) is 13.4. The molecule has 0 saturated heterocycles. The van der Waals surface area contributed by atoms with Gasteiger partial charge in [-0.1, -0.05) is 30.3 Å². The van der Waals surface area contributed by atoms with Crippen LogP contribution in [0.15, 0.2) is 30.3 Å². The van der Waals surface area contributed by atoms with Gasteiger partial charge in [0.15, 0.2) is 0 Å². The van der Waals surface area contributed by atoms with Gasteiger partial charge in [-0.3, -0.25) is 4.79 Å². The van der Waals surface area contributed by atoms with Crippen LogP contribution in [-0.4, -0.2) is 28.3 Å². The molecule has 4 heteroatoms. The third-order valence-electron chi connectivity index (χ3n) is 2.72. The van der Waals surface area contributed by atoms with Crippen molar-refractivity contribution in [2.75, 3.05) is 6.54 Å². The largest absolute Gasteiger partial charge is 0.481 e. The summed E-state index contributed by atoms with van der Waals surface area (Å²) in [6.07, 6.45) is -0.622. The molecule has 0 amide bonds. The molecular weight excluding hydrogens is 218 g/mol. The number of carboxylic acid groups (broad SMARTS) is 1. The van der Waals surface area contributed by atoms with Gasteiger partial charge in [0.05, 0.1) is 12.5 Å². The van der Waals surface area contributed by atoms with Crippen LogP contribution in [0.4, 0.5) is 0 Å². The molecule has 0 aliphatic rings. The van der Waals surface area contributed by atoms with E-state index >= 15 is 0 Å². The molecule has 1 aromatic carbocycles. The number of nitrogens with one attached hydrogen (secondary N) is 1. The van der Waals surface area contributed by atoms with E-state index in [1.165, 1.54) is 0 Å². The molecule has 0 unspecified atom stereocenters. The number of rotatable bonds is 6. The molecule has 0 aliphatic heterocycles. The van der Waals surface area contributed by atoms with Crippen molar-refractivity contribution in [1.82, 2.24) is 5.32 Å². The first-order valence-electron chi connectivity index (χ1n) is 5.63. The van der Waals surface area contributed by atoms with Crippen LogP contribution in [-0.2, 0) is 4.79 Å². The zero-order valence-corrected chi connectivity index (χ0v) is 10.2. The molecule has 17 heavy (non-hydrogen) atoms. The molecule has 0 radical (unpaired) electrons. The molecule has 0 aromatic heterocycles. The predicted octanol–water partition coefficient (Wildman–Crippen LogP) is 1.56. The summed E-state index contributed by atoms with van der Waals surface area (Å²) in [6, 6.07) is 9.33. The highest BCUT2D eigenvalue weighted by Crippen LogP contribution is 2.24. The fourth-order valence-corrected chi connectivity index (χ4v) is 1.64. The van der Waals surface area contributed by atoms with E-state index in [4.69, 9.17) is 5.11 Å². The Morgan fingerprint density at radius 3 is 2.47 bits per heavy atom. The van der Waals surface area contributed by atoms with Crippen LogP contribution in [0.5, 0.6) is 0 Å². The maximum Gasteiger partial charge on any atom is 0.304 e. The Morgan fingerprint density at radius 2 is 1.94 bits per heavy atom. The van der Waals surface area contributed by atoms with Crippen LogP contribution in [0.25, 0.3) is 0 Å². The van der Waals surface area contributed by atoms with Crippen LogP contribution in [0.2, 0.25) is 0 Å². The molecule has 0 fully saturated rings. The van der Waals surface area contributed by atoms with Crippen molar-refractivity contribution in [3.05, 3.63) is 35.9 Å².